The Kier molecular flexibility index (Phi) is 6.44. The molecule has 0 aromatic carbocycles. The minimum Gasteiger partial charge on any atom is -0.0990 e. The summed E-state index contributed by atoms with van der Waals surface area (Å²) in [6.45, 7) is 16.3. The molecular formula is C15H22. The Balaban J connectivity index is 5.10. The second-order valence-corrected chi connectivity index (χ2v) is 3.78. The monoisotopic (exact) mass is 202 g/mol. The molecule has 0 saturated heterocycles. The van der Waals surface area contributed by atoms with Gasteiger partial charge in [0, 0.05) is 0 Å². The maximum atomic E-state index is 4.08. The van der Waals surface area contributed by atoms with Crippen molar-refractivity contribution in [2.75, 3.05) is 0 Å². The van der Waals surface area contributed by atoms with Crippen LogP contribution in [-0.4, -0.2) is 0 Å². The fraction of sp³-hybridized carbons (Fsp3) is 0.333. The molecule has 0 amide bonds. The zero-order valence-electron chi connectivity index (χ0n) is 10.4. The molecule has 0 aromatic heterocycles. The molecule has 0 unspecified atom stereocenters. The van der Waals surface area contributed by atoms with Crippen molar-refractivity contribution in [1.29, 1.82) is 0 Å². The van der Waals surface area contributed by atoms with Gasteiger partial charge in [0.25, 0.3) is 0 Å². The zero-order valence-corrected chi connectivity index (χ0v) is 10.4. The summed E-state index contributed by atoms with van der Waals surface area (Å²) < 4.78 is 0. The highest BCUT2D eigenvalue weighted by Crippen LogP contribution is 2.22. The minimum absolute atomic E-state index is 1.04. The van der Waals surface area contributed by atoms with Gasteiger partial charge in [0.1, 0.15) is 0 Å². The smallest absolute Gasteiger partial charge is 0.0162 e. The van der Waals surface area contributed by atoms with Crippen molar-refractivity contribution in [2.24, 2.45) is 0 Å². The summed E-state index contributed by atoms with van der Waals surface area (Å²) in [5.74, 6) is 0. The molecular weight excluding hydrogens is 180 g/mol. The molecule has 0 aliphatic heterocycles. The molecule has 0 nitrogen and oxygen atoms in total. The summed E-state index contributed by atoms with van der Waals surface area (Å²) in [6.07, 6.45) is 9.06. The highest BCUT2D eigenvalue weighted by atomic mass is 14.1. The van der Waals surface area contributed by atoms with E-state index in [4.69, 9.17) is 0 Å². The molecule has 0 saturated carbocycles. The summed E-state index contributed by atoms with van der Waals surface area (Å²) in [7, 11) is 0. The molecule has 0 radical (unpaired) electrons. The molecule has 0 spiro atoms. The predicted molar refractivity (Wildman–Crippen MR) is 70.9 cm³/mol. The van der Waals surface area contributed by atoms with E-state index in [0.29, 0.717) is 0 Å². The van der Waals surface area contributed by atoms with E-state index in [1.807, 2.05) is 12.2 Å². The van der Waals surface area contributed by atoms with Crippen LogP contribution in [0.5, 0.6) is 0 Å². The van der Waals surface area contributed by atoms with Gasteiger partial charge in [0.05, 0.1) is 0 Å². The quantitative estimate of drug-likeness (QED) is 0.552. The number of rotatable bonds is 5. The average molecular weight is 202 g/mol. The Labute approximate surface area is 94.4 Å². The normalized spacial score (nSPS) is 11.6. The van der Waals surface area contributed by atoms with Crippen LogP contribution in [0.1, 0.15) is 34.1 Å². The van der Waals surface area contributed by atoms with E-state index in [2.05, 4.69) is 53.0 Å². The van der Waals surface area contributed by atoms with Gasteiger partial charge in [0.15, 0.2) is 0 Å². The summed E-state index contributed by atoms with van der Waals surface area (Å²) in [6, 6.07) is 0. The zero-order chi connectivity index (χ0) is 11.8. The third-order valence-corrected chi connectivity index (χ3v) is 2.34. The highest BCUT2D eigenvalue weighted by Gasteiger charge is 2.02. The van der Waals surface area contributed by atoms with Crippen LogP contribution in [0, 0.1) is 0 Å². The Morgan fingerprint density at radius 3 is 2.20 bits per heavy atom. The molecule has 0 heteroatoms. The first-order chi connectivity index (χ1) is 7.04. The van der Waals surface area contributed by atoms with Gasteiger partial charge < -0.3 is 0 Å². The lowest BCUT2D eigenvalue weighted by atomic mass is 9.96. The lowest BCUT2D eigenvalue weighted by Crippen LogP contribution is -1.90. The molecule has 15 heavy (non-hydrogen) atoms. The lowest BCUT2D eigenvalue weighted by Gasteiger charge is -2.09. The van der Waals surface area contributed by atoms with E-state index in [9.17, 15) is 0 Å². The van der Waals surface area contributed by atoms with E-state index >= 15 is 0 Å². The molecule has 0 N–H and O–H groups in total. The van der Waals surface area contributed by atoms with Crippen LogP contribution in [0.2, 0.25) is 0 Å². The van der Waals surface area contributed by atoms with Crippen molar-refractivity contribution in [3.05, 3.63) is 59.8 Å². The fourth-order valence-electron chi connectivity index (χ4n) is 1.21. The third kappa shape index (κ3) is 4.64. The van der Waals surface area contributed by atoms with Crippen LogP contribution in [0.3, 0.4) is 0 Å². The van der Waals surface area contributed by atoms with E-state index in [1.54, 1.807) is 0 Å². The van der Waals surface area contributed by atoms with Gasteiger partial charge in [-0.3, -0.25) is 0 Å². The largest absolute Gasteiger partial charge is 0.0990 e. The van der Waals surface area contributed by atoms with Crippen LogP contribution in [0.4, 0.5) is 0 Å². The van der Waals surface area contributed by atoms with Crippen molar-refractivity contribution >= 4 is 0 Å². The molecule has 82 valence electrons. The number of hydrogen-bond donors (Lipinski definition) is 0. The molecule has 0 aliphatic rings. The first-order valence-corrected chi connectivity index (χ1v) is 5.37. The lowest BCUT2D eigenvalue weighted by molar-refractivity contribution is 1.21. The Morgan fingerprint density at radius 2 is 1.80 bits per heavy atom. The van der Waals surface area contributed by atoms with E-state index in [0.717, 1.165) is 12.0 Å². The second kappa shape index (κ2) is 7.05. The van der Waals surface area contributed by atoms with Gasteiger partial charge in [-0.1, -0.05) is 50.0 Å². The van der Waals surface area contributed by atoms with Crippen molar-refractivity contribution in [1.82, 2.24) is 0 Å². The van der Waals surface area contributed by atoms with Crippen LogP contribution >= 0.6 is 0 Å². The van der Waals surface area contributed by atoms with Crippen molar-refractivity contribution in [2.45, 2.75) is 34.1 Å². The molecule has 0 fully saturated rings. The van der Waals surface area contributed by atoms with E-state index in [-0.39, 0.29) is 0 Å². The summed E-state index contributed by atoms with van der Waals surface area (Å²) in [5, 5.41) is 0. The molecule has 0 aromatic rings. The first-order valence-electron chi connectivity index (χ1n) is 5.37. The highest BCUT2D eigenvalue weighted by molar-refractivity contribution is 5.51. The molecule has 0 atom stereocenters. The van der Waals surface area contributed by atoms with Crippen molar-refractivity contribution in [3.63, 3.8) is 0 Å². The minimum atomic E-state index is 1.04. The summed E-state index contributed by atoms with van der Waals surface area (Å²) >= 11 is 0. The Hall–Kier alpha value is -1.30. The van der Waals surface area contributed by atoms with Crippen molar-refractivity contribution < 1.29 is 0 Å². The van der Waals surface area contributed by atoms with Crippen LogP contribution in [0.15, 0.2) is 59.8 Å². The van der Waals surface area contributed by atoms with Crippen LogP contribution in [-0.2, 0) is 0 Å². The SMILES string of the molecule is C=C/C=C(/C(=C)/C=C\CC)C(C)=C(C)C. The molecule has 0 bridgehead atoms. The third-order valence-electron chi connectivity index (χ3n) is 2.34. The predicted octanol–water partition coefficient (Wildman–Crippen LogP) is 4.98. The van der Waals surface area contributed by atoms with Gasteiger partial charge in [0.2, 0.25) is 0 Å². The second-order valence-electron chi connectivity index (χ2n) is 3.78. The fourth-order valence-corrected chi connectivity index (χ4v) is 1.21. The molecule has 0 aliphatic carbocycles. The number of allylic oxidation sites excluding steroid dienone is 8. The average Bonchev–Trinajstić information content (AvgIpc) is 2.21. The standard InChI is InChI=1S/C15H22/c1-7-9-11-13(5)15(10-8-2)14(6)12(3)4/h8-11H,2,5,7H2,1,3-4,6H3/b11-9-,15-10-. The maximum Gasteiger partial charge on any atom is -0.0162 e. The van der Waals surface area contributed by atoms with Crippen molar-refractivity contribution in [3.8, 4) is 0 Å². The number of hydrogen-bond acceptors (Lipinski definition) is 0. The van der Waals surface area contributed by atoms with Crippen LogP contribution < -0.4 is 0 Å². The van der Waals surface area contributed by atoms with Gasteiger partial charge in [-0.05, 0) is 43.9 Å². The molecule has 0 rings (SSSR count). The Bertz CT molecular complexity index is 318. The van der Waals surface area contributed by atoms with E-state index < -0.39 is 0 Å². The first kappa shape index (κ1) is 13.7. The topological polar surface area (TPSA) is 0 Å². The van der Waals surface area contributed by atoms with Gasteiger partial charge in [-0.25, -0.2) is 0 Å². The van der Waals surface area contributed by atoms with E-state index in [1.165, 1.54) is 16.7 Å². The summed E-state index contributed by atoms with van der Waals surface area (Å²) in [4.78, 5) is 0. The van der Waals surface area contributed by atoms with Crippen LogP contribution in [0.25, 0.3) is 0 Å². The Morgan fingerprint density at radius 1 is 1.20 bits per heavy atom. The maximum absolute atomic E-state index is 4.08. The van der Waals surface area contributed by atoms with Gasteiger partial charge in [-0.15, -0.1) is 0 Å². The summed E-state index contributed by atoms with van der Waals surface area (Å²) in [5.41, 5.74) is 4.82. The van der Waals surface area contributed by atoms with Gasteiger partial charge in [-0.2, -0.15) is 0 Å². The van der Waals surface area contributed by atoms with Gasteiger partial charge >= 0.3 is 0 Å². The molecule has 0 heterocycles.